The monoisotopic (exact) mass is 261 g/mol. The third kappa shape index (κ3) is 3.04. The van der Waals surface area contributed by atoms with Gasteiger partial charge in [0.1, 0.15) is 5.82 Å². The fraction of sp³-hybridized carbons (Fsp3) is 0.571. The van der Waals surface area contributed by atoms with Crippen LogP contribution in [0.1, 0.15) is 43.5 Å². The van der Waals surface area contributed by atoms with Gasteiger partial charge in [-0.25, -0.2) is 4.98 Å². The zero-order chi connectivity index (χ0) is 13.8. The van der Waals surface area contributed by atoms with Crippen LogP contribution in [0.25, 0.3) is 0 Å². The van der Waals surface area contributed by atoms with E-state index in [1.165, 1.54) is 0 Å². The molecule has 0 amide bonds. The van der Waals surface area contributed by atoms with Gasteiger partial charge < -0.3 is 10.3 Å². The van der Waals surface area contributed by atoms with Gasteiger partial charge in [-0.15, -0.1) is 0 Å². The van der Waals surface area contributed by atoms with Crippen molar-refractivity contribution in [2.24, 2.45) is 12.8 Å². The second-order valence-electron chi connectivity index (χ2n) is 4.89. The summed E-state index contributed by atoms with van der Waals surface area (Å²) < 4.78 is 4.06. The van der Waals surface area contributed by atoms with E-state index in [1.807, 2.05) is 24.1 Å². The van der Waals surface area contributed by atoms with Crippen LogP contribution in [0.4, 0.5) is 0 Å². The molecule has 0 aliphatic carbocycles. The fourth-order valence-corrected chi connectivity index (χ4v) is 2.34. The fourth-order valence-electron chi connectivity index (χ4n) is 2.34. The lowest BCUT2D eigenvalue weighted by Gasteiger charge is -2.13. The van der Waals surface area contributed by atoms with Crippen LogP contribution in [0.2, 0.25) is 0 Å². The first kappa shape index (κ1) is 13.8. The number of hydrogen-bond donors (Lipinski definition) is 1. The van der Waals surface area contributed by atoms with Crippen molar-refractivity contribution in [3.63, 3.8) is 0 Å². The lowest BCUT2D eigenvalue weighted by molar-refractivity contribution is 0.567. The molecule has 5 nitrogen and oxygen atoms in total. The van der Waals surface area contributed by atoms with E-state index in [0.717, 1.165) is 43.0 Å². The molecule has 2 rings (SSSR count). The molecule has 0 aliphatic heterocycles. The summed E-state index contributed by atoms with van der Waals surface area (Å²) in [5.41, 5.74) is 8.47. The van der Waals surface area contributed by atoms with Gasteiger partial charge in [-0.3, -0.25) is 4.68 Å². The molecule has 1 atom stereocenters. The van der Waals surface area contributed by atoms with Crippen LogP contribution in [-0.2, 0) is 26.4 Å². The quantitative estimate of drug-likeness (QED) is 0.863. The van der Waals surface area contributed by atoms with Crippen molar-refractivity contribution in [1.82, 2.24) is 19.3 Å². The Morgan fingerprint density at radius 1 is 1.37 bits per heavy atom. The second kappa shape index (κ2) is 6.02. The standard InChI is InChI=1S/C14H23N5/c1-4-7-19-8-6-16-14(19)10-12(15)13-9-11(5-2)17-18(13)3/h6,8-9,12H,4-5,7,10,15H2,1-3H3. The number of rotatable bonds is 6. The smallest absolute Gasteiger partial charge is 0.110 e. The number of imidazole rings is 1. The highest BCUT2D eigenvalue weighted by Crippen LogP contribution is 2.16. The number of hydrogen-bond acceptors (Lipinski definition) is 3. The molecule has 0 fully saturated rings. The average Bonchev–Trinajstić information content (AvgIpc) is 2.97. The van der Waals surface area contributed by atoms with Crippen LogP contribution in [-0.4, -0.2) is 19.3 Å². The highest BCUT2D eigenvalue weighted by molar-refractivity contribution is 5.15. The second-order valence-corrected chi connectivity index (χ2v) is 4.89. The van der Waals surface area contributed by atoms with E-state index in [2.05, 4.69) is 34.6 Å². The number of nitrogens with two attached hydrogens (primary N) is 1. The predicted molar refractivity (Wildman–Crippen MR) is 75.7 cm³/mol. The molecule has 2 aromatic heterocycles. The molecule has 0 saturated heterocycles. The third-order valence-corrected chi connectivity index (χ3v) is 3.38. The van der Waals surface area contributed by atoms with E-state index in [9.17, 15) is 0 Å². The highest BCUT2D eigenvalue weighted by atomic mass is 15.3. The maximum Gasteiger partial charge on any atom is 0.110 e. The summed E-state index contributed by atoms with van der Waals surface area (Å²) in [6.07, 6.45) is 6.65. The summed E-state index contributed by atoms with van der Waals surface area (Å²) in [6, 6.07) is 2.04. The van der Waals surface area contributed by atoms with Crippen LogP contribution < -0.4 is 5.73 Å². The van der Waals surface area contributed by atoms with E-state index in [1.54, 1.807) is 0 Å². The zero-order valence-corrected chi connectivity index (χ0v) is 12.0. The molecule has 0 saturated carbocycles. The van der Waals surface area contributed by atoms with E-state index >= 15 is 0 Å². The molecular weight excluding hydrogens is 238 g/mol. The Morgan fingerprint density at radius 3 is 2.79 bits per heavy atom. The van der Waals surface area contributed by atoms with E-state index in [0.29, 0.717) is 0 Å². The minimum atomic E-state index is -0.0594. The Balaban J connectivity index is 2.13. The van der Waals surface area contributed by atoms with Gasteiger partial charge in [-0.1, -0.05) is 13.8 Å². The van der Waals surface area contributed by atoms with Crippen molar-refractivity contribution >= 4 is 0 Å². The topological polar surface area (TPSA) is 61.7 Å². The van der Waals surface area contributed by atoms with Crippen molar-refractivity contribution in [1.29, 1.82) is 0 Å². The van der Waals surface area contributed by atoms with E-state index in [4.69, 9.17) is 5.73 Å². The molecular formula is C14H23N5. The summed E-state index contributed by atoms with van der Waals surface area (Å²) in [7, 11) is 1.95. The van der Waals surface area contributed by atoms with Crippen LogP contribution in [0.3, 0.4) is 0 Å². The van der Waals surface area contributed by atoms with Crippen molar-refractivity contribution in [3.05, 3.63) is 35.7 Å². The van der Waals surface area contributed by atoms with Gasteiger partial charge >= 0.3 is 0 Å². The molecule has 1 unspecified atom stereocenters. The largest absolute Gasteiger partial charge is 0.335 e. The van der Waals surface area contributed by atoms with E-state index in [-0.39, 0.29) is 6.04 Å². The van der Waals surface area contributed by atoms with Gasteiger partial charge in [-0.2, -0.15) is 5.10 Å². The lowest BCUT2D eigenvalue weighted by Crippen LogP contribution is -2.19. The van der Waals surface area contributed by atoms with Gasteiger partial charge in [0.05, 0.1) is 17.4 Å². The predicted octanol–water partition coefficient (Wildman–Crippen LogP) is 1.83. The van der Waals surface area contributed by atoms with Crippen LogP contribution in [0.5, 0.6) is 0 Å². The number of nitrogens with zero attached hydrogens (tertiary/aromatic N) is 4. The van der Waals surface area contributed by atoms with Crippen LogP contribution in [0.15, 0.2) is 18.5 Å². The first-order valence-corrected chi connectivity index (χ1v) is 6.94. The molecule has 2 aromatic rings. The molecule has 0 aliphatic rings. The molecule has 0 spiro atoms. The molecule has 2 heterocycles. The highest BCUT2D eigenvalue weighted by Gasteiger charge is 2.15. The Morgan fingerprint density at radius 2 is 2.16 bits per heavy atom. The summed E-state index contributed by atoms with van der Waals surface area (Å²) in [6.45, 7) is 5.26. The summed E-state index contributed by atoms with van der Waals surface area (Å²) >= 11 is 0. The van der Waals surface area contributed by atoms with Gasteiger partial charge in [-0.05, 0) is 18.9 Å². The first-order valence-electron chi connectivity index (χ1n) is 6.94. The molecule has 0 radical (unpaired) electrons. The van der Waals surface area contributed by atoms with E-state index < -0.39 is 0 Å². The first-order chi connectivity index (χ1) is 9.15. The number of aromatic nitrogens is 4. The Labute approximate surface area is 114 Å². The lowest BCUT2D eigenvalue weighted by atomic mass is 10.1. The average molecular weight is 261 g/mol. The normalized spacial score (nSPS) is 12.8. The van der Waals surface area contributed by atoms with Crippen molar-refractivity contribution in [2.45, 2.75) is 45.7 Å². The van der Waals surface area contributed by atoms with Crippen molar-refractivity contribution in [2.75, 3.05) is 0 Å². The Kier molecular flexibility index (Phi) is 4.37. The summed E-state index contributed by atoms with van der Waals surface area (Å²) in [4.78, 5) is 4.41. The Bertz CT molecular complexity index is 526. The minimum Gasteiger partial charge on any atom is -0.335 e. The van der Waals surface area contributed by atoms with Gasteiger partial charge in [0.15, 0.2) is 0 Å². The molecule has 5 heteroatoms. The number of aryl methyl sites for hydroxylation is 3. The Hall–Kier alpha value is -1.62. The van der Waals surface area contributed by atoms with Crippen LogP contribution >= 0.6 is 0 Å². The minimum absolute atomic E-state index is 0.0594. The summed E-state index contributed by atoms with van der Waals surface area (Å²) in [5, 5.41) is 4.45. The summed E-state index contributed by atoms with van der Waals surface area (Å²) in [5.74, 6) is 1.05. The van der Waals surface area contributed by atoms with Gasteiger partial charge in [0.25, 0.3) is 0 Å². The van der Waals surface area contributed by atoms with Gasteiger partial charge in [0, 0.05) is 32.4 Å². The third-order valence-electron chi connectivity index (χ3n) is 3.38. The molecule has 0 aromatic carbocycles. The van der Waals surface area contributed by atoms with Crippen LogP contribution in [0, 0.1) is 0 Å². The molecule has 104 valence electrons. The SMILES string of the molecule is CCCn1ccnc1CC(N)c1cc(CC)nn1C. The molecule has 0 bridgehead atoms. The zero-order valence-electron chi connectivity index (χ0n) is 12.0. The molecule has 2 N–H and O–H groups in total. The maximum absolute atomic E-state index is 6.31. The van der Waals surface area contributed by atoms with Crippen molar-refractivity contribution in [3.8, 4) is 0 Å². The van der Waals surface area contributed by atoms with Crippen molar-refractivity contribution < 1.29 is 0 Å². The maximum atomic E-state index is 6.31. The van der Waals surface area contributed by atoms with Gasteiger partial charge in [0.2, 0.25) is 0 Å². The molecule has 19 heavy (non-hydrogen) atoms.